The lowest BCUT2D eigenvalue weighted by molar-refractivity contribution is -0.144. The van der Waals surface area contributed by atoms with Crippen LogP contribution in [0.15, 0.2) is 91.1 Å². The van der Waals surface area contributed by atoms with E-state index in [1.807, 2.05) is 60.7 Å². The number of benzene rings is 3. The normalized spacial score (nSPS) is 11.6. The van der Waals surface area contributed by atoms with Crippen LogP contribution in [0.1, 0.15) is 23.7 Å². The molecular weight excluding hydrogens is 429 g/mol. The highest BCUT2D eigenvalue weighted by atomic mass is 19.1. The number of nitrogens with zero attached hydrogens (tertiary/aromatic N) is 2. The Morgan fingerprint density at radius 2 is 1.65 bits per heavy atom. The monoisotopic (exact) mass is 455 g/mol. The van der Waals surface area contributed by atoms with E-state index in [2.05, 4.69) is 10.3 Å². The molecule has 1 N–H and O–H groups in total. The van der Waals surface area contributed by atoms with Gasteiger partial charge in [-0.25, -0.2) is 19.2 Å². The number of carbonyl (C=O) groups excluding carboxylic acids is 1. The van der Waals surface area contributed by atoms with Crippen molar-refractivity contribution in [3.8, 4) is 11.3 Å². The van der Waals surface area contributed by atoms with Crippen molar-refractivity contribution in [1.29, 1.82) is 0 Å². The van der Waals surface area contributed by atoms with Gasteiger partial charge in [0.05, 0.1) is 24.2 Å². The van der Waals surface area contributed by atoms with Crippen molar-refractivity contribution in [2.45, 2.75) is 25.8 Å². The van der Waals surface area contributed by atoms with Gasteiger partial charge in [-0.2, -0.15) is 0 Å². The van der Waals surface area contributed by atoms with E-state index < -0.39 is 6.04 Å². The molecule has 0 unspecified atom stereocenters. The lowest BCUT2D eigenvalue weighted by atomic mass is 10.0. The fourth-order valence-electron chi connectivity index (χ4n) is 3.69. The molecule has 1 aromatic heterocycles. The Hall–Kier alpha value is -4.06. The predicted molar refractivity (Wildman–Crippen MR) is 131 cm³/mol. The standard InChI is InChI=1S/C28H26FN3O2/c1-2-34-28(33)25(17-20-11-5-3-6-12-20)32-27-24(18-22-15-9-10-16-23(22)29)31-26(19-30-27)21-13-7-4-8-14-21/h3-16,19,25H,2,17-18H2,1H3,(H,30,32)/t25-/m0/s1. The van der Waals surface area contributed by atoms with Gasteiger partial charge in [-0.05, 0) is 24.1 Å². The Balaban J connectivity index is 1.70. The van der Waals surface area contributed by atoms with Crippen LogP contribution in [0.5, 0.6) is 0 Å². The first kappa shape index (κ1) is 23.1. The van der Waals surface area contributed by atoms with Crippen LogP contribution in [0.4, 0.5) is 10.2 Å². The van der Waals surface area contributed by atoms with Gasteiger partial charge in [-0.3, -0.25) is 0 Å². The minimum absolute atomic E-state index is 0.226. The molecule has 0 radical (unpaired) electrons. The van der Waals surface area contributed by atoms with E-state index in [1.54, 1.807) is 31.3 Å². The molecule has 5 nitrogen and oxygen atoms in total. The molecule has 0 aliphatic heterocycles. The van der Waals surface area contributed by atoms with Crippen LogP contribution in [-0.4, -0.2) is 28.6 Å². The van der Waals surface area contributed by atoms with E-state index in [1.165, 1.54) is 6.07 Å². The van der Waals surface area contributed by atoms with Gasteiger partial charge in [-0.15, -0.1) is 0 Å². The number of aromatic nitrogens is 2. The van der Waals surface area contributed by atoms with Crippen molar-refractivity contribution in [1.82, 2.24) is 9.97 Å². The van der Waals surface area contributed by atoms with Crippen molar-refractivity contribution >= 4 is 11.8 Å². The number of anilines is 1. The number of ether oxygens (including phenoxy) is 1. The van der Waals surface area contributed by atoms with Crippen LogP contribution >= 0.6 is 0 Å². The van der Waals surface area contributed by atoms with Crippen molar-refractivity contribution in [3.63, 3.8) is 0 Å². The summed E-state index contributed by atoms with van der Waals surface area (Å²) in [4.78, 5) is 22.2. The quantitative estimate of drug-likeness (QED) is 0.340. The summed E-state index contributed by atoms with van der Waals surface area (Å²) in [5, 5.41) is 3.23. The first-order valence-corrected chi connectivity index (χ1v) is 11.3. The number of halogens is 1. The molecule has 34 heavy (non-hydrogen) atoms. The number of carbonyl (C=O) groups is 1. The number of esters is 1. The van der Waals surface area contributed by atoms with E-state index in [-0.39, 0.29) is 24.8 Å². The van der Waals surface area contributed by atoms with Crippen LogP contribution in [0.2, 0.25) is 0 Å². The maximum Gasteiger partial charge on any atom is 0.328 e. The zero-order valence-electron chi connectivity index (χ0n) is 18.9. The molecule has 3 aromatic carbocycles. The first-order chi connectivity index (χ1) is 16.6. The van der Waals surface area contributed by atoms with E-state index in [4.69, 9.17) is 9.72 Å². The summed E-state index contributed by atoms with van der Waals surface area (Å²) in [5.74, 6) is -0.263. The van der Waals surface area contributed by atoms with Gasteiger partial charge in [0.25, 0.3) is 0 Å². The maximum absolute atomic E-state index is 14.5. The zero-order valence-corrected chi connectivity index (χ0v) is 18.9. The Kier molecular flexibility index (Phi) is 7.60. The second-order valence-corrected chi connectivity index (χ2v) is 7.82. The highest BCUT2D eigenvalue weighted by molar-refractivity contribution is 5.79. The summed E-state index contributed by atoms with van der Waals surface area (Å²) >= 11 is 0. The summed E-state index contributed by atoms with van der Waals surface area (Å²) in [6, 6.07) is 25.3. The van der Waals surface area contributed by atoms with Gasteiger partial charge in [-0.1, -0.05) is 78.9 Å². The molecule has 6 heteroatoms. The van der Waals surface area contributed by atoms with E-state index >= 15 is 0 Å². The lowest BCUT2D eigenvalue weighted by Crippen LogP contribution is -2.34. The highest BCUT2D eigenvalue weighted by Gasteiger charge is 2.23. The number of nitrogens with one attached hydrogen (secondary N) is 1. The van der Waals surface area contributed by atoms with Crippen molar-refractivity contribution in [3.05, 3.63) is 114 Å². The topological polar surface area (TPSA) is 64.1 Å². The zero-order chi connectivity index (χ0) is 23.8. The Morgan fingerprint density at radius 1 is 0.971 bits per heavy atom. The van der Waals surface area contributed by atoms with Crippen molar-refractivity contribution < 1.29 is 13.9 Å². The van der Waals surface area contributed by atoms with Crippen LogP contribution in [-0.2, 0) is 22.4 Å². The number of hydrogen-bond donors (Lipinski definition) is 1. The van der Waals surface area contributed by atoms with E-state index in [9.17, 15) is 9.18 Å². The summed E-state index contributed by atoms with van der Waals surface area (Å²) in [7, 11) is 0. The number of hydrogen-bond acceptors (Lipinski definition) is 5. The second-order valence-electron chi connectivity index (χ2n) is 7.82. The maximum atomic E-state index is 14.5. The molecule has 4 aromatic rings. The molecule has 1 heterocycles. The van der Waals surface area contributed by atoms with Crippen LogP contribution in [0, 0.1) is 5.82 Å². The van der Waals surface area contributed by atoms with E-state index in [0.717, 1.165) is 11.1 Å². The minimum atomic E-state index is -0.668. The molecule has 0 fully saturated rings. The first-order valence-electron chi connectivity index (χ1n) is 11.3. The molecule has 1 atom stereocenters. The van der Waals surface area contributed by atoms with Gasteiger partial charge < -0.3 is 10.1 Å². The molecule has 0 saturated carbocycles. The third-order valence-corrected chi connectivity index (χ3v) is 5.39. The summed E-state index contributed by atoms with van der Waals surface area (Å²) in [6.07, 6.45) is 2.30. The van der Waals surface area contributed by atoms with Crippen LogP contribution < -0.4 is 5.32 Å². The molecule has 0 bridgehead atoms. The third-order valence-electron chi connectivity index (χ3n) is 5.39. The Labute approximate surface area is 198 Å². The summed E-state index contributed by atoms with van der Waals surface area (Å²) in [5.41, 5.74) is 3.61. The Bertz CT molecular complexity index is 1230. The van der Waals surface area contributed by atoms with Gasteiger partial charge in [0.2, 0.25) is 0 Å². The smallest absolute Gasteiger partial charge is 0.328 e. The molecule has 172 valence electrons. The lowest BCUT2D eigenvalue weighted by Gasteiger charge is -2.20. The molecular formula is C28H26FN3O2. The highest BCUT2D eigenvalue weighted by Crippen LogP contribution is 2.23. The van der Waals surface area contributed by atoms with Gasteiger partial charge in [0.15, 0.2) is 0 Å². The van der Waals surface area contributed by atoms with Gasteiger partial charge in [0, 0.05) is 18.4 Å². The van der Waals surface area contributed by atoms with Gasteiger partial charge >= 0.3 is 5.97 Å². The van der Waals surface area contributed by atoms with Crippen LogP contribution in [0.25, 0.3) is 11.3 Å². The number of rotatable bonds is 9. The van der Waals surface area contributed by atoms with Crippen molar-refractivity contribution in [2.75, 3.05) is 11.9 Å². The largest absolute Gasteiger partial charge is 0.464 e. The van der Waals surface area contributed by atoms with Gasteiger partial charge in [0.1, 0.15) is 17.7 Å². The van der Waals surface area contributed by atoms with E-state index in [0.29, 0.717) is 29.2 Å². The fraction of sp³-hybridized carbons (Fsp3) is 0.179. The average molecular weight is 456 g/mol. The molecule has 0 saturated heterocycles. The van der Waals surface area contributed by atoms with Crippen molar-refractivity contribution in [2.24, 2.45) is 0 Å². The predicted octanol–water partition coefficient (Wildman–Crippen LogP) is 5.46. The van der Waals surface area contributed by atoms with Crippen LogP contribution in [0.3, 0.4) is 0 Å². The summed E-state index contributed by atoms with van der Waals surface area (Å²) < 4.78 is 19.8. The minimum Gasteiger partial charge on any atom is -0.464 e. The average Bonchev–Trinajstić information content (AvgIpc) is 2.87. The molecule has 0 aliphatic rings. The SMILES string of the molecule is CCOC(=O)[C@H](Cc1ccccc1)Nc1ncc(-c2ccccc2)nc1Cc1ccccc1F. The second kappa shape index (κ2) is 11.2. The molecule has 0 spiro atoms. The molecule has 0 aliphatic carbocycles. The molecule has 4 rings (SSSR count). The third kappa shape index (κ3) is 5.84. The Morgan fingerprint density at radius 3 is 2.35 bits per heavy atom. The fourth-order valence-corrected chi connectivity index (χ4v) is 3.69. The summed E-state index contributed by atoms with van der Waals surface area (Å²) in [6.45, 7) is 2.04. The molecule has 0 amide bonds.